The third-order valence-electron chi connectivity index (χ3n) is 7.21. The van der Waals surface area contributed by atoms with Crippen LogP contribution >= 0.6 is 0 Å². The third kappa shape index (κ3) is 6.04. The molecule has 0 unspecified atom stereocenters. The normalized spacial score (nSPS) is 13.3. The Morgan fingerprint density at radius 2 is 1.66 bits per heavy atom. The zero-order valence-corrected chi connectivity index (χ0v) is 21.8. The molecule has 0 aliphatic heterocycles. The highest BCUT2D eigenvalue weighted by atomic mass is 16.6. The SMILES string of the molecule is CCC(C)(CC)OC(=O)Cn1cc(C[C@H](NC(=O)OCC2c3ccccc3-c3ccccc32)C(=O)O)cn1. The Bertz CT molecular complexity index is 1270. The predicted molar refractivity (Wildman–Crippen MR) is 141 cm³/mol. The number of hydrogen-bond acceptors (Lipinski definition) is 6. The van der Waals surface area contributed by atoms with E-state index in [2.05, 4.69) is 10.4 Å². The second-order valence-corrected chi connectivity index (χ2v) is 9.74. The number of carbonyl (C=O) groups excluding carboxylic acids is 2. The molecule has 0 spiro atoms. The highest BCUT2D eigenvalue weighted by Crippen LogP contribution is 2.44. The molecule has 9 heteroatoms. The second-order valence-electron chi connectivity index (χ2n) is 9.74. The Hall–Kier alpha value is -4.14. The number of ether oxygens (including phenoxy) is 2. The summed E-state index contributed by atoms with van der Waals surface area (Å²) in [6.07, 6.45) is 3.61. The predicted octanol–water partition coefficient (Wildman–Crippen LogP) is 4.54. The van der Waals surface area contributed by atoms with Crippen molar-refractivity contribution < 1.29 is 29.0 Å². The average molecular weight is 520 g/mol. The Morgan fingerprint density at radius 1 is 1.05 bits per heavy atom. The maximum atomic E-state index is 12.6. The molecule has 2 N–H and O–H groups in total. The first-order valence-electron chi connectivity index (χ1n) is 12.8. The number of fused-ring (bicyclic) bond motifs is 3. The molecule has 1 aliphatic carbocycles. The number of benzene rings is 2. The quantitative estimate of drug-likeness (QED) is 0.357. The maximum absolute atomic E-state index is 12.6. The van der Waals surface area contributed by atoms with E-state index in [1.807, 2.05) is 69.3 Å². The number of nitrogens with one attached hydrogen (secondary N) is 1. The number of amides is 1. The van der Waals surface area contributed by atoms with E-state index in [1.165, 1.54) is 10.9 Å². The minimum Gasteiger partial charge on any atom is -0.480 e. The average Bonchev–Trinajstić information content (AvgIpc) is 3.48. The summed E-state index contributed by atoms with van der Waals surface area (Å²) in [5, 5.41) is 16.3. The van der Waals surface area contributed by atoms with E-state index in [0.717, 1.165) is 22.3 Å². The summed E-state index contributed by atoms with van der Waals surface area (Å²) >= 11 is 0. The standard InChI is InChI=1S/C29H33N3O6/c1-4-29(3,5-2)38-26(33)17-32-16-19(15-30-32)14-25(27(34)35)31-28(36)37-18-24-22-12-8-6-10-20(22)21-11-7-9-13-23(21)24/h6-13,15-16,24-25H,4-5,14,17-18H2,1-3H3,(H,31,36)(H,34,35)/t25-/m0/s1. The number of carboxylic acids is 1. The topological polar surface area (TPSA) is 120 Å². The highest BCUT2D eigenvalue weighted by Gasteiger charge is 2.30. The van der Waals surface area contributed by atoms with Crippen LogP contribution in [0.25, 0.3) is 11.1 Å². The first-order chi connectivity index (χ1) is 18.2. The van der Waals surface area contributed by atoms with E-state index in [1.54, 1.807) is 6.20 Å². The maximum Gasteiger partial charge on any atom is 0.407 e. The van der Waals surface area contributed by atoms with E-state index in [4.69, 9.17) is 9.47 Å². The zero-order chi connectivity index (χ0) is 27.3. The van der Waals surface area contributed by atoms with Gasteiger partial charge in [0.25, 0.3) is 0 Å². The molecule has 1 amide bonds. The van der Waals surface area contributed by atoms with E-state index in [-0.39, 0.29) is 25.5 Å². The summed E-state index contributed by atoms with van der Waals surface area (Å²) in [5.41, 5.74) is 4.37. The van der Waals surface area contributed by atoms with Gasteiger partial charge in [0.1, 0.15) is 24.8 Å². The Labute approximate surface area is 221 Å². The third-order valence-corrected chi connectivity index (χ3v) is 7.21. The summed E-state index contributed by atoms with van der Waals surface area (Å²) in [5.74, 6) is -1.75. The van der Waals surface area contributed by atoms with Crippen LogP contribution in [-0.4, -0.2) is 51.2 Å². The van der Waals surface area contributed by atoms with Crippen LogP contribution in [0.2, 0.25) is 0 Å². The second kappa shape index (κ2) is 11.5. The molecule has 1 heterocycles. The minimum atomic E-state index is -1.22. The molecule has 0 bridgehead atoms. The van der Waals surface area contributed by atoms with Crippen molar-refractivity contribution in [3.05, 3.63) is 77.6 Å². The number of esters is 1. The van der Waals surface area contributed by atoms with Gasteiger partial charge in [-0.25, -0.2) is 9.59 Å². The fraction of sp³-hybridized carbons (Fsp3) is 0.379. The lowest BCUT2D eigenvalue weighted by Crippen LogP contribution is -2.42. The van der Waals surface area contributed by atoms with E-state index in [0.29, 0.717) is 18.4 Å². The van der Waals surface area contributed by atoms with Crippen LogP contribution in [0.5, 0.6) is 0 Å². The van der Waals surface area contributed by atoms with Gasteiger partial charge in [0.15, 0.2) is 0 Å². The number of hydrogen-bond donors (Lipinski definition) is 2. The molecule has 4 rings (SSSR count). The molecule has 1 atom stereocenters. The van der Waals surface area contributed by atoms with Crippen LogP contribution in [0.15, 0.2) is 60.9 Å². The molecule has 1 aromatic heterocycles. The van der Waals surface area contributed by atoms with E-state index >= 15 is 0 Å². The van der Waals surface area contributed by atoms with Crippen molar-refractivity contribution in [3.8, 4) is 11.1 Å². The summed E-state index contributed by atoms with van der Waals surface area (Å²) < 4.78 is 12.5. The molecule has 1 aliphatic rings. The molecule has 3 aromatic rings. The van der Waals surface area contributed by atoms with Gasteiger partial charge in [0, 0.05) is 18.5 Å². The molecular weight excluding hydrogens is 486 g/mol. The van der Waals surface area contributed by atoms with Crippen LogP contribution in [0.3, 0.4) is 0 Å². The van der Waals surface area contributed by atoms with Gasteiger partial charge < -0.3 is 19.9 Å². The van der Waals surface area contributed by atoms with Gasteiger partial charge in [0.05, 0.1) is 6.20 Å². The highest BCUT2D eigenvalue weighted by molar-refractivity contribution is 5.81. The summed E-state index contributed by atoms with van der Waals surface area (Å²) in [4.78, 5) is 36.8. The van der Waals surface area contributed by atoms with Crippen molar-refractivity contribution >= 4 is 18.0 Å². The smallest absolute Gasteiger partial charge is 0.407 e. The van der Waals surface area contributed by atoms with Gasteiger partial charge in [-0.1, -0.05) is 62.4 Å². The Balaban J connectivity index is 1.34. The largest absolute Gasteiger partial charge is 0.480 e. The zero-order valence-electron chi connectivity index (χ0n) is 21.8. The van der Waals surface area contributed by atoms with Gasteiger partial charge >= 0.3 is 18.0 Å². The van der Waals surface area contributed by atoms with Crippen molar-refractivity contribution in [1.82, 2.24) is 15.1 Å². The number of nitrogens with zero attached hydrogens (tertiary/aromatic N) is 2. The van der Waals surface area contributed by atoms with Gasteiger partial charge in [0.2, 0.25) is 0 Å². The molecular formula is C29H33N3O6. The minimum absolute atomic E-state index is 0.0176. The molecule has 0 radical (unpaired) electrons. The number of rotatable bonds is 11. The lowest BCUT2D eigenvalue weighted by Gasteiger charge is -2.26. The van der Waals surface area contributed by atoms with Gasteiger partial charge in [-0.15, -0.1) is 0 Å². The fourth-order valence-corrected chi connectivity index (χ4v) is 4.65. The molecule has 0 saturated carbocycles. The van der Waals surface area contributed by atoms with Gasteiger partial charge in [-0.05, 0) is 47.6 Å². The number of aromatic nitrogens is 2. The monoisotopic (exact) mass is 519 g/mol. The summed E-state index contributed by atoms with van der Waals surface area (Å²) in [6, 6.07) is 14.7. The first-order valence-corrected chi connectivity index (χ1v) is 12.8. The van der Waals surface area contributed by atoms with Crippen LogP contribution in [0.4, 0.5) is 4.79 Å². The summed E-state index contributed by atoms with van der Waals surface area (Å²) in [7, 11) is 0. The number of aliphatic carboxylic acids is 1. The van der Waals surface area contributed by atoms with Gasteiger partial charge in [-0.3, -0.25) is 9.48 Å². The van der Waals surface area contributed by atoms with Crippen molar-refractivity contribution in [2.75, 3.05) is 6.61 Å². The first kappa shape index (κ1) is 26.9. The lowest BCUT2D eigenvalue weighted by molar-refractivity contribution is -0.159. The molecule has 200 valence electrons. The molecule has 38 heavy (non-hydrogen) atoms. The molecule has 0 saturated heterocycles. The fourth-order valence-electron chi connectivity index (χ4n) is 4.65. The van der Waals surface area contributed by atoms with Gasteiger partial charge in [-0.2, -0.15) is 5.10 Å². The van der Waals surface area contributed by atoms with Crippen LogP contribution in [0, 0.1) is 0 Å². The van der Waals surface area contributed by atoms with E-state index < -0.39 is 29.7 Å². The number of carboxylic acid groups (broad SMARTS) is 1. The van der Waals surface area contributed by atoms with E-state index in [9.17, 15) is 19.5 Å². The van der Waals surface area contributed by atoms with Crippen molar-refractivity contribution in [2.24, 2.45) is 0 Å². The van der Waals surface area contributed by atoms with Crippen molar-refractivity contribution in [3.63, 3.8) is 0 Å². The van der Waals surface area contributed by atoms with Crippen LogP contribution in [0.1, 0.15) is 56.2 Å². The van der Waals surface area contributed by atoms with Crippen LogP contribution < -0.4 is 5.32 Å². The number of alkyl carbamates (subject to hydrolysis) is 1. The molecule has 9 nitrogen and oxygen atoms in total. The molecule has 2 aromatic carbocycles. The summed E-state index contributed by atoms with van der Waals surface area (Å²) in [6.45, 7) is 5.79. The lowest BCUT2D eigenvalue weighted by atomic mass is 9.98. The number of carbonyl (C=O) groups is 3. The van der Waals surface area contributed by atoms with Crippen molar-refractivity contribution in [1.29, 1.82) is 0 Å². The van der Waals surface area contributed by atoms with Crippen LogP contribution in [-0.2, 0) is 32.0 Å². The van der Waals surface area contributed by atoms with Crippen molar-refractivity contribution in [2.45, 2.75) is 64.1 Å². The Morgan fingerprint density at radius 3 is 2.24 bits per heavy atom. The Kier molecular flexibility index (Phi) is 8.14. The molecule has 0 fully saturated rings.